The van der Waals surface area contributed by atoms with Crippen molar-refractivity contribution in [2.75, 3.05) is 12.8 Å². The number of carbonyl (C=O) groups excluding carboxylic acids is 1. The summed E-state index contributed by atoms with van der Waals surface area (Å²) in [6.45, 7) is 5.11. The summed E-state index contributed by atoms with van der Waals surface area (Å²) in [6.07, 6.45) is 1.84. The van der Waals surface area contributed by atoms with Crippen molar-refractivity contribution < 1.29 is 18.9 Å². The Morgan fingerprint density at radius 3 is 2.35 bits per heavy atom. The smallest absolute Gasteiger partial charge is 0.329 e. The Bertz CT molecular complexity index is 321. The van der Waals surface area contributed by atoms with E-state index in [0.29, 0.717) is 0 Å². The van der Waals surface area contributed by atoms with Gasteiger partial charge in [-0.05, 0) is 20.3 Å². The van der Waals surface area contributed by atoms with Crippen LogP contribution in [0.3, 0.4) is 0 Å². The minimum atomic E-state index is -1.28. The van der Waals surface area contributed by atoms with Crippen molar-refractivity contribution in [3.63, 3.8) is 0 Å². The van der Waals surface area contributed by atoms with Gasteiger partial charge in [0.15, 0.2) is 0 Å². The lowest BCUT2D eigenvalue weighted by atomic mass is 10.00. The second-order valence-electron chi connectivity index (χ2n) is 4.14. The number of aliphatic carboxylic acids is 1. The fourth-order valence-corrected chi connectivity index (χ4v) is 1.26. The van der Waals surface area contributed by atoms with Crippen LogP contribution in [0.15, 0.2) is 0 Å². The van der Waals surface area contributed by atoms with Gasteiger partial charge in [0.2, 0.25) is 0 Å². The summed E-state index contributed by atoms with van der Waals surface area (Å²) in [4.78, 5) is 22.4. The molecule has 0 fully saturated rings. The largest absolute Gasteiger partial charge is 0.480 e. The average Bonchev–Trinajstić information content (AvgIpc) is 2.25. The van der Waals surface area contributed by atoms with Crippen molar-refractivity contribution in [1.82, 2.24) is 10.6 Å². The molecule has 0 rings (SSSR count). The van der Waals surface area contributed by atoms with Crippen molar-refractivity contribution >= 4 is 22.8 Å². The van der Waals surface area contributed by atoms with Gasteiger partial charge in [0.05, 0.1) is 0 Å². The molecule has 0 heterocycles. The van der Waals surface area contributed by atoms with Gasteiger partial charge >= 0.3 is 12.0 Å². The SMILES string of the molecule is CCC(C)(NC(=O)NCC(C)S(C)=O)C(=O)O. The van der Waals surface area contributed by atoms with Gasteiger partial charge in [-0.15, -0.1) is 0 Å². The number of carboxylic acids is 1. The van der Waals surface area contributed by atoms with E-state index in [-0.39, 0.29) is 18.2 Å². The van der Waals surface area contributed by atoms with Crippen LogP contribution >= 0.6 is 0 Å². The highest BCUT2D eigenvalue weighted by Crippen LogP contribution is 2.08. The first-order valence-electron chi connectivity index (χ1n) is 5.34. The van der Waals surface area contributed by atoms with Crippen molar-refractivity contribution in [2.24, 2.45) is 0 Å². The lowest BCUT2D eigenvalue weighted by Gasteiger charge is -2.25. The van der Waals surface area contributed by atoms with Crippen LogP contribution in [-0.4, -0.2) is 44.9 Å². The van der Waals surface area contributed by atoms with Crippen LogP contribution in [0.4, 0.5) is 4.79 Å². The summed E-state index contributed by atoms with van der Waals surface area (Å²) in [6, 6.07) is -0.561. The van der Waals surface area contributed by atoms with Gasteiger partial charge in [-0.25, -0.2) is 9.59 Å². The standard InChI is InChI=1S/C10H20N2O4S/c1-5-10(3,8(13)14)12-9(15)11-6-7(2)17(4)16/h7H,5-6H2,1-4H3,(H,13,14)(H2,11,12,15). The molecule has 0 aromatic carbocycles. The maximum atomic E-state index is 11.5. The Morgan fingerprint density at radius 1 is 1.47 bits per heavy atom. The molecule has 3 N–H and O–H groups in total. The van der Waals surface area contributed by atoms with Crippen LogP contribution < -0.4 is 10.6 Å². The summed E-state index contributed by atoms with van der Waals surface area (Å²) < 4.78 is 11.1. The molecule has 2 amide bonds. The first-order valence-corrected chi connectivity index (χ1v) is 6.96. The highest BCUT2D eigenvalue weighted by Gasteiger charge is 2.32. The zero-order valence-corrected chi connectivity index (χ0v) is 11.4. The molecule has 0 aromatic rings. The van der Waals surface area contributed by atoms with Crippen molar-refractivity contribution in [1.29, 1.82) is 0 Å². The number of nitrogens with one attached hydrogen (secondary N) is 2. The summed E-state index contributed by atoms with van der Waals surface area (Å²) in [5, 5.41) is 13.7. The van der Waals surface area contributed by atoms with Crippen molar-refractivity contribution in [3.8, 4) is 0 Å². The molecule has 0 saturated heterocycles. The lowest BCUT2D eigenvalue weighted by Crippen LogP contribution is -2.55. The first-order chi connectivity index (χ1) is 7.73. The molecule has 0 bridgehead atoms. The van der Waals surface area contributed by atoms with Gasteiger partial charge in [0.1, 0.15) is 5.54 Å². The van der Waals surface area contributed by atoms with E-state index < -0.39 is 28.3 Å². The van der Waals surface area contributed by atoms with Gasteiger partial charge in [-0.2, -0.15) is 0 Å². The highest BCUT2D eigenvalue weighted by molar-refractivity contribution is 7.84. The maximum Gasteiger partial charge on any atom is 0.329 e. The van der Waals surface area contributed by atoms with E-state index in [1.807, 2.05) is 0 Å². The quantitative estimate of drug-likeness (QED) is 0.643. The molecule has 7 heteroatoms. The molecule has 0 aliphatic heterocycles. The number of carbonyl (C=O) groups is 2. The van der Waals surface area contributed by atoms with Crippen LogP contribution in [0, 0.1) is 0 Å². The Labute approximate surface area is 104 Å². The van der Waals surface area contributed by atoms with Gasteiger partial charge in [-0.3, -0.25) is 4.21 Å². The van der Waals surface area contributed by atoms with Crippen molar-refractivity contribution in [3.05, 3.63) is 0 Å². The molecule has 100 valence electrons. The molecule has 0 saturated carbocycles. The third kappa shape index (κ3) is 5.16. The van der Waals surface area contributed by atoms with Crippen LogP contribution in [0.1, 0.15) is 27.2 Å². The first kappa shape index (κ1) is 15.9. The third-order valence-corrected chi connectivity index (χ3v) is 3.99. The summed E-state index contributed by atoms with van der Waals surface area (Å²) >= 11 is 0. The minimum Gasteiger partial charge on any atom is -0.480 e. The molecule has 0 aromatic heterocycles. The van der Waals surface area contributed by atoms with Crippen LogP contribution in [-0.2, 0) is 15.6 Å². The monoisotopic (exact) mass is 264 g/mol. The fourth-order valence-electron chi connectivity index (χ4n) is 0.942. The van der Waals surface area contributed by atoms with Gasteiger partial charge in [0, 0.05) is 28.9 Å². The number of rotatable bonds is 6. The van der Waals surface area contributed by atoms with E-state index in [1.165, 1.54) is 6.92 Å². The van der Waals surface area contributed by atoms with E-state index in [0.717, 1.165) is 0 Å². The van der Waals surface area contributed by atoms with E-state index in [4.69, 9.17) is 5.11 Å². The zero-order chi connectivity index (χ0) is 13.6. The average molecular weight is 264 g/mol. The molecular formula is C10H20N2O4S. The summed E-state index contributed by atoms with van der Waals surface area (Å²) in [5.41, 5.74) is -1.28. The molecule has 3 atom stereocenters. The molecule has 0 aliphatic rings. The third-order valence-electron chi connectivity index (χ3n) is 2.69. The molecule has 0 radical (unpaired) electrons. The second-order valence-corrected chi connectivity index (χ2v) is 5.94. The Morgan fingerprint density at radius 2 is 2.00 bits per heavy atom. The van der Waals surface area contributed by atoms with Gasteiger partial charge in [0.25, 0.3) is 0 Å². The number of carboxylic acid groups (broad SMARTS) is 1. The molecular weight excluding hydrogens is 244 g/mol. The highest BCUT2D eigenvalue weighted by atomic mass is 32.2. The summed E-state index contributed by atoms with van der Waals surface area (Å²) in [5.74, 6) is -1.08. The fraction of sp³-hybridized carbons (Fsp3) is 0.800. The van der Waals surface area contributed by atoms with Crippen LogP contribution in [0.5, 0.6) is 0 Å². The predicted molar refractivity (Wildman–Crippen MR) is 66.4 cm³/mol. The lowest BCUT2D eigenvalue weighted by molar-refractivity contribution is -0.143. The summed E-state index contributed by atoms with van der Waals surface area (Å²) in [7, 11) is -1.02. The second kappa shape index (κ2) is 6.58. The number of urea groups is 1. The minimum absolute atomic E-state index is 0.168. The van der Waals surface area contributed by atoms with Gasteiger partial charge < -0.3 is 15.7 Å². The molecule has 6 nitrogen and oxygen atoms in total. The zero-order valence-electron chi connectivity index (χ0n) is 10.6. The molecule has 0 aliphatic carbocycles. The molecule has 0 spiro atoms. The maximum absolute atomic E-state index is 11.5. The number of amides is 2. The Kier molecular flexibility index (Phi) is 6.15. The topological polar surface area (TPSA) is 95.5 Å². The van der Waals surface area contributed by atoms with E-state index in [1.54, 1.807) is 20.1 Å². The number of hydrogen-bond acceptors (Lipinski definition) is 3. The molecule has 17 heavy (non-hydrogen) atoms. The van der Waals surface area contributed by atoms with E-state index >= 15 is 0 Å². The predicted octanol–water partition coefficient (Wildman–Crippen LogP) is 0.306. The Hall–Kier alpha value is -1.11. The van der Waals surface area contributed by atoms with E-state index in [2.05, 4.69) is 10.6 Å². The van der Waals surface area contributed by atoms with Crippen LogP contribution in [0.25, 0.3) is 0 Å². The number of hydrogen-bond donors (Lipinski definition) is 3. The van der Waals surface area contributed by atoms with Gasteiger partial charge in [-0.1, -0.05) is 6.92 Å². The van der Waals surface area contributed by atoms with Crippen LogP contribution in [0.2, 0.25) is 0 Å². The van der Waals surface area contributed by atoms with Crippen molar-refractivity contribution in [2.45, 2.75) is 38.0 Å². The van der Waals surface area contributed by atoms with E-state index in [9.17, 15) is 13.8 Å². The molecule has 3 unspecified atom stereocenters. The normalized spacial score (nSPS) is 17.6. The Balaban J connectivity index is 4.27.